The van der Waals surface area contributed by atoms with E-state index in [0.717, 1.165) is 35.1 Å². The van der Waals surface area contributed by atoms with Gasteiger partial charge in [-0.25, -0.2) is 0 Å². The first kappa shape index (κ1) is 15.9. The van der Waals surface area contributed by atoms with E-state index in [1.807, 2.05) is 12.1 Å². The summed E-state index contributed by atoms with van der Waals surface area (Å²) in [5.41, 5.74) is 2.57. The van der Waals surface area contributed by atoms with Gasteiger partial charge in [0, 0.05) is 36.5 Å². The molecular weight excluding hydrogens is 328 g/mol. The zero-order chi connectivity index (χ0) is 18.4. The number of rotatable bonds is 0. The van der Waals surface area contributed by atoms with Crippen LogP contribution in [-0.2, 0) is 12.8 Å². The first-order valence-corrected chi connectivity index (χ1v) is 9.21. The van der Waals surface area contributed by atoms with Gasteiger partial charge in [0.2, 0.25) is 0 Å². The second kappa shape index (κ2) is 4.67. The Morgan fingerprint density at radius 1 is 0.692 bits per heavy atom. The molecule has 0 unspecified atom stereocenters. The van der Waals surface area contributed by atoms with Crippen molar-refractivity contribution in [3.63, 3.8) is 0 Å². The maximum absolute atomic E-state index is 12.7. The molecular formula is C22H22O4. The van der Waals surface area contributed by atoms with Gasteiger partial charge in [0.1, 0.15) is 22.7 Å². The van der Waals surface area contributed by atoms with Crippen LogP contribution in [0.1, 0.15) is 72.8 Å². The quantitative estimate of drug-likeness (QED) is 0.538. The van der Waals surface area contributed by atoms with Crippen LogP contribution in [0, 0.1) is 10.8 Å². The molecule has 2 aliphatic carbocycles. The second-order valence-electron chi connectivity index (χ2n) is 9.53. The SMILES string of the molecule is CC1(C)CC(=O)c2c(oc3cc4c5c(oc4cc23)CC(C)(C)CC5=O)C1. The fraction of sp³-hybridized carbons (Fsp3) is 0.455. The normalized spacial score (nSPS) is 21.2. The third-order valence-electron chi connectivity index (χ3n) is 5.76. The van der Waals surface area contributed by atoms with E-state index >= 15 is 0 Å². The van der Waals surface area contributed by atoms with Crippen molar-refractivity contribution in [1.29, 1.82) is 0 Å². The lowest BCUT2D eigenvalue weighted by Crippen LogP contribution is -2.25. The molecule has 2 aliphatic rings. The highest BCUT2D eigenvalue weighted by Gasteiger charge is 2.37. The standard InChI is InChI=1S/C22H22O4/c1-21(2)7-13(23)19-11-5-16-12(6-15(11)25-17(19)9-21)20-14(24)8-22(3,4)10-18(20)26-16/h5-6H,7-10H2,1-4H3. The van der Waals surface area contributed by atoms with Gasteiger partial charge in [-0.05, 0) is 23.0 Å². The molecule has 0 saturated heterocycles. The van der Waals surface area contributed by atoms with E-state index in [1.54, 1.807) is 0 Å². The molecule has 26 heavy (non-hydrogen) atoms. The number of carbonyl (C=O) groups excluding carboxylic acids is 2. The topological polar surface area (TPSA) is 60.4 Å². The summed E-state index contributed by atoms with van der Waals surface area (Å²) in [6.45, 7) is 8.35. The Hall–Kier alpha value is -2.36. The summed E-state index contributed by atoms with van der Waals surface area (Å²) in [5.74, 6) is 1.77. The Morgan fingerprint density at radius 2 is 1.08 bits per heavy atom. The molecule has 0 saturated carbocycles. The van der Waals surface area contributed by atoms with Gasteiger partial charge >= 0.3 is 0 Å². The number of furan rings is 2. The van der Waals surface area contributed by atoms with Crippen LogP contribution >= 0.6 is 0 Å². The Bertz CT molecular complexity index is 1030. The van der Waals surface area contributed by atoms with Crippen LogP contribution in [0.15, 0.2) is 21.0 Å². The van der Waals surface area contributed by atoms with E-state index in [1.165, 1.54) is 0 Å². The first-order chi connectivity index (χ1) is 12.1. The van der Waals surface area contributed by atoms with Crippen LogP contribution in [0.5, 0.6) is 0 Å². The Balaban J connectivity index is 1.77. The highest BCUT2D eigenvalue weighted by Crippen LogP contribution is 2.44. The molecule has 0 spiro atoms. The van der Waals surface area contributed by atoms with E-state index in [0.29, 0.717) is 35.1 Å². The monoisotopic (exact) mass is 350 g/mol. The summed E-state index contributed by atoms with van der Waals surface area (Å²) in [4.78, 5) is 25.4. The van der Waals surface area contributed by atoms with Crippen molar-refractivity contribution in [2.45, 2.75) is 53.4 Å². The van der Waals surface area contributed by atoms with Crippen LogP contribution in [0.2, 0.25) is 0 Å². The largest absolute Gasteiger partial charge is 0.460 e. The number of fused-ring (bicyclic) bond motifs is 6. The maximum Gasteiger partial charge on any atom is 0.167 e. The summed E-state index contributed by atoms with van der Waals surface area (Å²) in [6, 6.07) is 3.78. The van der Waals surface area contributed by atoms with Crippen molar-refractivity contribution >= 4 is 33.5 Å². The van der Waals surface area contributed by atoms with E-state index in [4.69, 9.17) is 8.83 Å². The second-order valence-corrected chi connectivity index (χ2v) is 9.53. The molecule has 0 bridgehead atoms. The summed E-state index contributed by atoms with van der Waals surface area (Å²) < 4.78 is 12.1. The number of ketones is 2. The van der Waals surface area contributed by atoms with Crippen molar-refractivity contribution in [3.8, 4) is 0 Å². The number of hydrogen-bond acceptors (Lipinski definition) is 4. The highest BCUT2D eigenvalue weighted by molar-refractivity contribution is 6.15. The fourth-order valence-electron chi connectivity index (χ4n) is 4.69. The molecule has 0 atom stereocenters. The molecule has 0 amide bonds. The Morgan fingerprint density at radius 3 is 1.46 bits per heavy atom. The molecule has 5 rings (SSSR count). The Labute approximate surface area is 151 Å². The lowest BCUT2D eigenvalue weighted by molar-refractivity contribution is 0.0896. The van der Waals surface area contributed by atoms with Gasteiger partial charge in [-0.2, -0.15) is 0 Å². The highest BCUT2D eigenvalue weighted by atomic mass is 16.3. The number of Topliss-reactive ketones (excluding diaryl/α,β-unsaturated/α-hetero) is 2. The molecule has 0 radical (unpaired) electrons. The summed E-state index contributed by atoms with van der Waals surface area (Å²) in [7, 11) is 0. The van der Waals surface area contributed by atoms with Gasteiger partial charge in [-0.1, -0.05) is 27.7 Å². The zero-order valence-corrected chi connectivity index (χ0v) is 15.6. The third-order valence-corrected chi connectivity index (χ3v) is 5.76. The minimum Gasteiger partial charge on any atom is -0.460 e. The third kappa shape index (κ3) is 2.14. The van der Waals surface area contributed by atoms with Gasteiger partial charge in [-0.15, -0.1) is 0 Å². The van der Waals surface area contributed by atoms with E-state index < -0.39 is 0 Å². The average Bonchev–Trinajstić information content (AvgIpc) is 2.97. The van der Waals surface area contributed by atoms with Crippen molar-refractivity contribution in [3.05, 3.63) is 34.8 Å². The molecule has 2 aromatic heterocycles. The Kier molecular flexibility index (Phi) is 2.85. The fourth-order valence-corrected chi connectivity index (χ4v) is 4.69. The molecule has 3 aromatic rings. The lowest BCUT2D eigenvalue weighted by atomic mass is 9.75. The molecule has 134 valence electrons. The maximum atomic E-state index is 12.7. The summed E-state index contributed by atoms with van der Waals surface area (Å²) in [5, 5.41) is 1.62. The van der Waals surface area contributed by atoms with Gasteiger partial charge in [-0.3, -0.25) is 9.59 Å². The average molecular weight is 350 g/mol. The van der Waals surface area contributed by atoms with Crippen LogP contribution in [0.4, 0.5) is 0 Å². The van der Waals surface area contributed by atoms with Gasteiger partial charge < -0.3 is 8.83 Å². The van der Waals surface area contributed by atoms with Gasteiger partial charge in [0.15, 0.2) is 11.6 Å². The summed E-state index contributed by atoms with van der Waals surface area (Å²) >= 11 is 0. The predicted octanol–water partition coefficient (Wildman–Crippen LogP) is 5.49. The van der Waals surface area contributed by atoms with E-state index in [9.17, 15) is 9.59 Å². The van der Waals surface area contributed by atoms with Gasteiger partial charge in [0.05, 0.1) is 11.1 Å². The van der Waals surface area contributed by atoms with Crippen LogP contribution in [-0.4, -0.2) is 11.6 Å². The van der Waals surface area contributed by atoms with Crippen molar-refractivity contribution < 1.29 is 18.4 Å². The molecule has 1 aromatic carbocycles. The molecule has 4 heteroatoms. The van der Waals surface area contributed by atoms with Crippen molar-refractivity contribution in [2.75, 3.05) is 0 Å². The van der Waals surface area contributed by atoms with E-state index in [2.05, 4.69) is 27.7 Å². The number of hydrogen-bond donors (Lipinski definition) is 0. The smallest absolute Gasteiger partial charge is 0.167 e. The lowest BCUT2D eigenvalue weighted by Gasteiger charge is -2.27. The first-order valence-electron chi connectivity index (χ1n) is 9.21. The van der Waals surface area contributed by atoms with Crippen molar-refractivity contribution in [1.82, 2.24) is 0 Å². The minimum atomic E-state index is -0.0855. The van der Waals surface area contributed by atoms with Crippen LogP contribution < -0.4 is 0 Å². The van der Waals surface area contributed by atoms with Crippen LogP contribution in [0.25, 0.3) is 21.9 Å². The van der Waals surface area contributed by atoms with Gasteiger partial charge in [0.25, 0.3) is 0 Å². The predicted molar refractivity (Wildman–Crippen MR) is 98.9 cm³/mol. The zero-order valence-electron chi connectivity index (χ0n) is 15.6. The molecule has 4 nitrogen and oxygen atoms in total. The van der Waals surface area contributed by atoms with Crippen LogP contribution in [0.3, 0.4) is 0 Å². The molecule has 2 heterocycles. The molecule has 0 aliphatic heterocycles. The van der Waals surface area contributed by atoms with Crippen molar-refractivity contribution in [2.24, 2.45) is 10.8 Å². The van der Waals surface area contributed by atoms with E-state index in [-0.39, 0.29) is 22.4 Å². The number of benzene rings is 1. The summed E-state index contributed by atoms with van der Waals surface area (Å²) in [6.07, 6.45) is 2.53. The molecule has 0 N–H and O–H groups in total. The minimum absolute atomic E-state index is 0.0855. The molecule has 0 fully saturated rings. The number of carbonyl (C=O) groups is 2.